The molecule has 0 radical (unpaired) electrons. The molecule has 2 aliphatic rings. The molecule has 2 saturated heterocycles. The van der Waals surface area contributed by atoms with Crippen LogP contribution in [0, 0.1) is 5.92 Å². The molecule has 2 fully saturated rings. The smallest absolute Gasteiger partial charge is 0.0633 e. The molecule has 0 amide bonds. The molecule has 1 aromatic heterocycles. The first-order valence-corrected chi connectivity index (χ1v) is 8.00. The summed E-state index contributed by atoms with van der Waals surface area (Å²) in [7, 11) is 0. The van der Waals surface area contributed by atoms with E-state index in [0.29, 0.717) is 12.1 Å². The normalized spacial score (nSPS) is 27.8. The summed E-state index contributed by atoms with van der Waals surface area (Å²) in [4.78, 5) is 2.67. The highest BCUT2D eigenvalue weighted by molar-refractivity contribution is 5.50. The summed E-state index contributed by atoms with van der Waals surface area (Å²) in [5.74, 6) is 0.763. The predicted molar refractivity (Wildman–Crippen MR) is 84.2 cm³/mol. The predicted octanol–water partition coefficient (Wildman–Crippen LogP) is 3.47. The van der Waals surface area contributed by atoms with Gasteiger partial charge in [-0.15, -0.1) is 0 Å². The van der Waals surface area contributed by atoms with Crippen molar-refractivity contribution >= 4 is 5.69 Å². The first-order valence-electron chi connectivity index (χ1n) is 8.00. The van der Waals surface area contributed by atoms with Gasteiger partial charge in [0.1, 0.15) is 0 Å². The second-order valence-corrected chi connectivity index (χ2v) is 6.38. The molecular formula is C18H21N3. The molecule has 2 bridgehead atoms. The van der Waals surface area contributed by atoms with E-state index in [9.17, 15) is 0 Å². The number of hydrogen-bond acceptors (Lipinski definition) is 3. The fraction of sp³-hybridized carbons (Fsp3) is 0.444. The summed E-state index contributed by atoms with van der Waals surface area (Å²) in [5.41, 5.74) is 2.55. The van der Waals surface area contributed by atoms with Gasteiger partial charge >= 0.3 is 0 Å². The van der Waals surface area contributed by atoms with Crippen molar-refractivity contribution in [2.45, 2.75) is 44.2 Å². The van der Waals surface area contributed by atoms with Gasteiger partial charge in [-0.05, 0) is 62.3 Å². The molecule has 0 N–H and O–H groups in total. The molecule has 21 heavy (non-hydrogen) atoms. The highest BCUT2D eigenvalue weighted by Gasteiger charge is 2.40. The number of piperidine rings is 1. The topological polar surface area (TPSA) is 29.0 Å². The maximum Gasteiger partial charge on any atom is 0.0633 e. The molecule has 3 atom stereocenters. The van der Waals surface area contributed by atoms with E-state index in [1.807, 2.05) is 6.07 Å². The molecule has 0 saturated carbocycles. The van der Waals surface area contributed by atoms with E-state index in [1.165, 1.54) is 31.4 Å². The fourth-order valence-corrected chi connectivity index (χ4v) is 4.22. The number of rotatable bonds is 3. The summed E-state index contributed by atoms with van der Waals surface area (Å²) in [5, 5.41) is 8.26. The van der Waals surface area contributed by atoms with Gasteiger partial charge in [-0.2, -0.15) is 10.2 Å². The number of benzene rings is 1. The van der Waals surface area contributed by atoms with Gasteiger partial charge in [-0.1, -0.05) is 18.2 Å². The summed E-state index contributed by atoms with van der Waals surface area (Å²) in [6, 6.07) is 16.5. The lowest BCUT2D eigenvalue weighted by Crippen LogP contribution is -2.43. The van der Waals surface area contributed by atoms with Crippen LogP contribution in [0.15, 0.2) is 48.7 Å². The van der Waals surface area contributed by atoms with Gasteiger partial charge in [0, 0.05) is 24.0 Å². The van der Waals surface area contributed by atoms with Crippen molar-refractivity contribution in [3.05, 3.63) is 54.4 Å². The van der Waals surface area contributed by atoms with Gasteiger partial charge in [-0.3, -0.25) is 0 Å². The third kappa shape index (κ3) is 2.53. The molecular weight excluding hydrogens is 258 g/mol. The van der Waals surface area contributed by atoms with Gasteiger partial charge in [-0.25, -0.2) is 0 Å². The van der Waals surface area contributed by atoms with Crippen LogP contribution in [0.25, 0.3) is 0 Å². The first kappa shape index (κ1) is 12.8. The van der Waals surface area contributed by atoms with Gasteiger partial charge in [0.15, 0.2) is 0 Å². The Bertz CT molecular complexity index is 570. The zero-order chi connectivity index (χ0) is 14.1. The summed E-state index contributed by atoms with van der Waals surface area (Å²) >= 11 is 0. The Morgan fingerprint density at radius 1 is 0.952 bits per heavy atom. The van der Waals surface area contributed by atoms with E-state index in [2.05, 4.69) is 51.5 Å². The average Bonchev–Trinajstić information content (AvgIpc) is 2.80. The molecule has 2 aliphatic heterocycles. The lowest BCUT2D eigenvalue weighted by atomic mass is 9.87. The molecule has 108 valence electrons. The van der Waals surface area contributed by atoms with Gasteiger partial charge in [0.2, 0.25) is 0 Å². The molecule has 1 aromatic carbocycles. The summed E-state index contributed by atoms with van der Waals surface area (Å²) in [6.45, 7) is 0. The fourth-order valence-electron chi connectivity index (χ4n) is 4.22. The lowest BCUT2D eigenvalue weighted by molar-refractivity contribution is 0.335. The Morgan fingerprint density at radius 2 is 1.71 bits per heavy atom. The zero-order valence-electron chi connectivity index (χ0n) is 12.2. The van der Waals surface area contributed by atoms with Gasteiger partial charge in [0.05, 0.1) is 5.69 Å². The standard InChI is InChI=1S/C18H21N3/c1-2-6-16(7-3-1)21-17-8-9-18(21)13-14(12-17)11-15-5-4-10-19-20-15/h1-7,10,14,17-18H,8-9,11-13H2/t14?,17-,18+. The number of aromatic nitrogens is 2. The van der Waals surface area contributed by atoms with Crippen molar-refractivity contribution in [1.29, 1.82) is 0 Å². The average molecular weight is 279 g/mol. The Labute approximate surface area is 126 Å². The van der Waals surface area contributed by atoms with E-state index in [4.69, 9.17) is 0 Å². The number of fused-ring (bicyclic) bond motifs is 2. The minimum Gasteiger partial charge on any atom is -0.366 e. The van der Waals surface area contributed by atoms with Gasteiger partial charge in [0.25, 0.3) is 0 Å². The van der Waals surface area contributed by atoms with Gasteiger partial charge < -0.3 is 4.90 Å². The zero-order valence-corrected chi connectivity index (χ0v) is 12.2. The second-order valence-electron chi connectivity index (χ2n) is 6.38. The van der Waals surface area contributed by atoms with E-state index >= 15 is 0 Å². The van der Waals surface area contributed by atoms with Crippen LogP contribution >= 0.6 is 0 Å². The minimum atomic E-state index is 0.716. The lowest BCUT2D eigenvalue weighted by Gasteiger charge is -2.40. The summed E-state index contributed by atoms with van der Waals surface area (Å²) < 4.78 is 0. The maximum absolute atomic E-state index is 4.26. The van der Waals surface area contributed by atoms with Crippen molar-refractivity contribution in [1.82, 2.24) is 10.2 Å². The van der Waals surface area contributed by atoms with Crippen LogP contribution in [-0.4, -0.2) is 22.3 Å². The monoisotopic (exact) mass is 279 g/mol. The highest BCUT2D eigenvalue weighted by atomic mass is 15.2. The summed E-state index contributed by atoms with van der Waals surface area (Å²) in [6.07, 6.45) is 8.12. The SMILES string of the molecule is c1ccc(N2[C@@H]3CC[C@H]2CC(Cc2cccnn2)C3)cc1. The minimum absolute atomic E-state index is 0.716. The Balaban J connectivity index is 1.49. The molecule has 1 unspecified atom stereocenters. The highest BCUT2D eigenvalue weighted by Crippen LogP contribution is 2.42. The van der Waals surface area contributed by atoms with Crippen molar-refractivity contribution in [2.24, 2.45) is 5.92 Å². The number of nitrogens with zero attached hydrogens (tertiary/aromatic N) is 3. The Morgan fingerprint density at radius 3 is 2.38 bits per heavy atom. The molecule has 4 rings (SSSR count). The molecule has 3 heterocycles. The largest absolute Gasteiger partial charge is 0.366 e. The molecule has 0 aliphatic carbocycles. The third-order valence-corrected chi connectivity index (χ3v) is 5.01. The second kappa shape index (κ2) is 5.47. The first-order chi connectivity index (χ1) is 10.4. The van der Waals surface area contributed by atoms with Crippen LogP contribution in [0.4, 0.5) is 5.69 Å². The molecule has 3 heteroatoms. The van der Waals surface area contributed by atoms with Crippen LogP contribution in [0.3, 0.4) is 0 Å². The number of hydrogen-bond donors (Lipinski definition) is 0. The molecule has 3 nitrogen and oxygen atoms in total. The van der Waals surface area contributed by atoms with E-state index < -0.39 is 0 Å². The van der Waals surface area contributed by atoms with Crippen molar-refractivity contribution in [3.63, 3.8) is 0 Å². The van der Waals surface area contributed by atoms with Crippen molar-refractivity contribution in [2.75, 3.05) is 4.90 Å². The number of anilines is 1. The molecule has 2 aromatic rings. The van der Waals surface area contributed by atoms with Crippen LogP contribution in [-0.2, 0) is 6.42 Å². The maximum atomic E-state index is 4.26. The quantitative estimate of drug-likeness (QED) is 0.861. The Kier molecular flexibility index (Phi) is 3.34. The van der Waals surface area contributed by atoms with E-state index in [-0.39, 0.29) is 0 Å². The number of para-hydroxylation sites is 1. The van der Waals surface area contributed by atoms with Crippen LogP contribution < -0.4 is 4.90 Å². The Hall–Kier alpha value is -1.90. The van der Waals surface area contributed by atoms with Crippen LogP contribution in [0.1, 0.15) is 31.4 Å². The van der Waals surface area contributed by atoms with E-state index in [0.717, 1.165) is 18.0 Å². The third-order valence-electron chi connectivity index (χ3n) is 5.01. The van der Waals surface area contributed by atoms with Crippen LogP contribution in [0.5, 0.6) is 0 Å². The van der Waals surface area contributed by atoms with E-state index in [1.54, 1.807) is 6.20 Å². The van der Waals surface area contributed by atoms with Crippen LogP contribution in [0.2, 0.25) is 0 Å². The molecule has 0 spiro atoms. The van der Waals surface area contributed by atoms with Crippen molar-refractivity contribution < 1.29 is 0 Å². The van der Waals surface area contributed by atoms with Crippen molar-refractivity contribution in [3.8, 4) is 0 Å².